The van der Waals surface area contributed by atoms with Crippen LogP contribution in [-0.4, -0.2) is 9.97 Å². The molecule has 2 aliphatic rings. The van der Waals surface area contributed by atoms with Crippen LogP contribution in [0.3, 0.4) is 0 Å². The van der Waals surface area contributed by atoms with Crippen molar-refractivity contribution >= 4 is 0 Å². The summed E-state index contributed by atoms with van der Waals surface area (Å²) in [5.41, 5.74) is 9.78. The smallest absolute Gasteiger partial charge is 0.0861 e. The van der Waals surface area contributed by atoms with Crippen LogP contribution in [0.15, 0.2) is 85.2 Å². The van der Waals surface area contributed by atoms with Gasteiger partial charge in [-0.3, -0.25) is 9.97 Å². The summed E-state index contributed by atoms with van der Waals surface area (Å²) in [6, 6.07) is 27.5. The Hall–Kier alpha value is -3.30. The van der Waals surface area contributed by atoms with Crippen molar-refractivity contribution in [3.8, 4) is 22.5 Å². The largest absolute Gasteiger partial charge is 0.365 e. The minimum absolute atomic E-state index is 0.0892. The molecule has 0 bridgehead atoms. The van der Waals surface area contributed by atoms with Crippen molar-refractivity contribution in [1.82, 2.24) is 9.97 Å². The minimum Gasteiger partial charge on any atom is -0.365 e. The van der Waals surface area contributed by atoms with Crippen LogP contribution in [-0.2, 0) is 17.6 Å². The zero-order chi connectivity index (χ0) is 36.8. The molecule has 284 valence electrons. The number of ether oxygens (including phenoxy) is 1. The Balaban J connectivity index is 1.28. The molecule has 2 unspecified atom stereocenters. The zero-order valence-electron chi connectivity index (χ0n) is 33.6. The maximum atomic E-state index is 7.68. The van der Waals surface area contributed by atoms with Crippen LogP contribution in [0.5, 0.6) is 0 Å². The number of pyridine rings is 2. The molecule has 3 nitrogen and oxygen atoms in total. The van der Waals surface area contributed by atoms with Crippen molar-refractivity contribution in [2.45, 2.75) is 155 Å². The molecule has 2 fully saturated rings. The average Bonchev–Trinajstić information content (AvgIpc) is 3.21. The van der Waals surface area contributed by atoms with E-state index in [4.69, 9.17) is 14.7 Å². The highest BCUT2D eigenvalue weighted by Crippen LogP contribution is 2.47. The van der Waals surface area contributed by atoms with Crippen LogP contribution in [0.1, 0.15) is 165 Å². The molecule has 2 heterocycles. The molecule has 2 aliphatic carbocycles. The molecule has 0 radical (unpaired) electrons. The molecule has 2 atom stereocenters. The summed E-state index contributed by atoms with van der Waals surface area (Å²) >= 11 is 0. The fraction of sp³-hybridized carbons (Fsp3) is 0.560. The van der Waals surface area contributed by atoms with E-state index in [1.807, 2.05) is 0 Å². The molecule has 2 aromatic heterocycles. The van der Waals surface area contributed by atoms with Gasteiger partial charge in [-0.2, -0.15) is 0 Å². The van der Waals surface area contributed by atoms with Crippen molar-refractivity contribution < 1.29 is 4.74 Å². The van der Waals surface area contributed by atoms with E-state index in [2.05, 4.69) is 113 Å². The summed E-state index contributed by atoms with van der Waals surface area (Å²) < 4.78 is 7.68. The Labute approximate surface area is 322 Å². The van der Waals surface area contributed by atoms with E-state index < -0.39 is 0 Å². The fourth-order valence-corrected chi connectivity index (χ4v) is 9.38. The SMILES string of the molecule is CCCC[C@H]1CC[C@H](C(OC(c2ccc(-c3ccc(CCC)cn3)cc2)[C@H]2CC[C@H](CCCC)CC2)c2ccc(-c3ccc(CCC)cn3)cc2)CC1. The molecule has 2 saturated carbocycles. The summed E-state index contributed by atoms with van der Waals surface area (Å²) in [7, 11) is 0. The van der Waals surface area contributed by atoms with Crippen LogP contribution in [0.4, 0.5) is 0 Å². The monoisotopic (exact) mass is 713 g/mol. The summed E-state index contributed by atoms with van der Waals surface area (Å²) in [4.78, 5) is 9.69. The zero-order valence-corrected chi connectivity index (χ0v) is 33.6. The number of nitrogens with zero attached hydrogens (tertiary/aromatic N) is 2. The fourth-order valence-electron chi connectivity index (χ4n) is 9.38. The summed E-state index contributed by atoms with van der Waals surface area (Å²) in [5, 5.41) is 0. The van der Waals surface area contributed by atoms with Gasteiger partial charge in [0.2, 0.25) is 0 Å². The number of unbranched alkanes of at least 4 members (excludes halogenated alkanes) is 2. The second kappa shape index (κ2) is 20.4. The van der Waals surface area contributed by atoms with E-state index in [-0.39, 0.29) is 12.2 Å². The van der Waals surface area contributed by atoms with Crippen molar-refractivity contribution in [2.75, 3.05) is 0 Å². The molecule has 0 saturated heterocycles. The van der Waals surface area contributed by atoms with Crippen LogP contribution in [0.25, 0.3) is 22.5 Å². The van der Waals surface area contributed by atoms with Gasteiger partial charge >= 0.3 is 0 Å². The van der Waals surface area contributed by atoms with E-state index in [1.165, 1.54) is 123 Å². The van der Waals surface area contributed by atoms with Gasteiger partial charge in [0.25, 0.3) is 0 Å². The average molecular weight is 713 g/mol. The van der Waals surface area contributed by atoms with Gasteiger partial charge in [0, 0.05) is 23.5 Å². The number of aromatic nitrogens is 2. The van der Waals surface area contributed by atoms with Crippen molar-refractivity contribution in [3.63, 3.8) is 0 Å². The third kappa shape index (κ3) is 10.9. The molecule has 2 aromatic carbocycles. The highest BCUT2D eigenvalue weighted by atomic mass is 16.5. The number of hydrogen-bond acceptors (Lipinski definition) is 3. The molecule has 3 heteroatoms. The highest BCUT2D eigenvalue weighted by Gasteiger charge is 2.36. The van der Waals surface area contributed by atoms with E-state index in [0.29, 0.717) is 11.8 Å². The predicted octanol–water partition coefficient (Wildman–Crippen LogP) is 14.5. The van der Waals surface area contributed by atoms with Crippen LogP contribution in [0.2, 0.25) is 0 Å². The van der Waals surface area contributed by atoms with Crippen molar-refractivity contribution in [3.05, 3.63) is 107 Å². The molecular formula is C50H68N2O. The van der Waals surface area contributed by atoms with Crippen molar-refractivity contribution in [1.29, 1.82) is 0 Å². The number of benzene rings is 2. The Bertz CT molecular complexity index is 1470. The lowest BCUT2D eigenvalue weighted by Gasteiger charge is -2.40. The van der Waals surface area contributed by atoms with Gasteiger partial charge in [0.05, 0.1) is 23.6 Å². The van der Waals surface area contributed by atoms with Gasteiger partial charge in [-0.15, -0.1) is 0 Å². The standard InChI is InChI=1S/C50H68N2O/c1-5-9-13-37-15-21-43(22-16-37)49(45-29-25-41(26-30-45)47-33-19-39(11-7-3)35-51-47)53-50(44-23-17-38(18-24-44)14-10-6-2)46-31-27-42(28-32-46)48-34-20-40(12-8-4)36-52-48/h19-20,25-38,43-44,49-50H,5-18,21-24H2,1-4H3/t37-,38-,43-,44-,49?,50?. The molecule has 0 spiro atoms. The number of aryl methyl sites for hydroxylation is 2. The van der Waals surface area contributed by atoms with Gasteiger partial charge in [0.1, 0.15) is 0 Å². The van der Waals surface area contributed by atoms with Crippen LogP contribution in [0, 0.1) is 23.7 Å². The first-order chi connectivity index (χ1) is 26.1. The maximum Gasteiger partial charge on any atom is 0.0861 e. The lowest BCUT2D eigenvalue weighted by atomic mass is 9.74. The molecule has 4 aromatic rings. The lowest BCUT2D eigenvalue weighted by molar-refractivity contribution is -0.0907. The minimum atomic E-state index is 0.0892. The second-order valence-electron chi connectivity index (χ2n) is 16.7. The summed E-state index contributed by atoms with van der Waals surface area (Å²) in [6.45, 7) is 9.12. The molecule has 6 rings (SSSR count). The van der Waals surface area contributed by atoms with E-state index in [0.717, 1.165) is 48.9 Å². The third-order valence-electron chi connectivity index (χ3n) is 12.7. The topological polar surface area (TPSA) is 35.0 Å². The molecule has 53 heavy (non-hydrogen) atoms. The first kappa shape index (κ1) is 39.4. The molecule has 0 N–H and O–H groups in total. The summed E-state index contributed by atoms with van der Waals surface area (Å²) in [5.74, 6) is 2.84. The Morgan fingerprint density at radius 1 is 0.491 bits per heavy atom. The number of rotatable bonds is 18. The maximum absolute atomic E-state index is 7.68. The van der Waals surface area contributed by atoms with E-state index in [9.17, 15) is 0 Å². The molecule has 0 aliphatic heterocycles. The van der Waals surface area contributed by atoms with Gasteiger partial charge < -0.3 is 4.74 Å². The van der Waals surface area contributed by atoms with Crippen molar-refractivity contribution in [2.24, 2.45) is 23.7 Å². The third-order valence-corrected chi connectivity index (χ3v) is 12.7. The Morgan fingerprint density at radius 2 is 0.887 bits per heavy atom. The van der Waals surface area contributed by atoms with Crippen LogP contribution >= 0.6 is 0 Å². The highest BCUT2D eigenvalue weighted by molar-refractivity contribution is 5.60. The molecular weight excluding hydrogens is 645 g/mol. The lowest BCUT2D eigenvalue weighted by Crippen LogP contribution is -2.28. The predicted molar refractivity (Wildman–Crippen MR) is 224 cm³/mol. The van der Waals surface area contributed by atoms with Gasteiger partial charge in [-0.1, -0.05) is 165 Å². The number of hydrogen-bond donors (Lipinski definition) is 0. The first-order valence-corrected chi connectivity index (χ1v) is 21.8. The van der Waals surface area contributed by atoms with Gasteiger partial charge in [0.15, 0.2) is 0 Å². The van der Waals surface area contributed by atoms with E-state index in [1.54, 1.807) is 0 Å². The normalized spacial score (nSPS) is 21.7. The molecule has 0 amide bonds. The van der Waals surface area contributed by atoms with Gasteiger partial charge in [-0.25, -0.2) is 0 Å². The Morgan fingerprint density at radius 3 is 1.21 bits per heavy atom. The first-order valence-electron chi connectivity index (χ1n) is 21.8. The van der Waals surface area contributed by atoms with Crippen LogP contribution < -0.4 is 0 Å². The summed E-state index contributed by atoms with van der Waals surface area (Å²) in [6.07, 6.45) is 27.2. The van der Waals surface area contributed by atoms with Gasteiger partial charge in [-0.05, 0) is 96.6 Å². The Kier molecular flexibility index (Phi) is 15.2. The van der Waals surface area contributed by atoms with E-state index >= 15 is 0 Å². The quantitative estimate of drug-likeness (QED) is 0.103. The second-order valence-corrected chi connectivity index (χ2v) is 16.7.